The number of methoxy groups -OCH3 is 3. The summed E-state index contributed by atoms with van der Waals surface area (Å²) in [7, 11) is 4.46. The standard InChI is InChI=1S/C24H24O5/c1-27-22-14-13-19(23(28-2)24(22)29-3)21(26)15-20(25)18-11-9-17(10-12-18)16-7-5-4-6-8-16/h4-14,20,25H,15H2,1-3H3. The molecule has 5 nitrogen and oxygen atoms in total. The molecule has 5 heteroatoms. The van der Waals surface area contributed by atoms with Crippen LogP contribution >= 0.6 is 0 Å². The van der Waals surface area contributed by atoms with Gasteiger partial charge in [0.2, 0.25) is 5.75 Å². The molecule has 0 amide bonds. The highest BCUT2D eigenvalue weighted by Crippen LogP contribution is 2.40. The fourth-order valence-corrected chi connectivity index (χ4v) is 3.25. The molecule has 150 valence electrons. The molecule has 0 spiro atoms. The minimum atomic E-state index is -0.926. The summed E-state index contributed by atoms with van der Waals surface area (Å²) in [6, 6.07) is 20.8. The molecule has 3 aromatic rings. The Kier molecular flexibility index (Phi) is 6.52. The van der Waals surface area contributed by atoms with Crippen molar-refractivity contribution in [2.75, 3.05) is 21.3 Å². The molecule has 1 unspecified atom stereocenters. The minimum Gasteiger partial charge on any atom is -0.493 e. The number of carbonyl (C=O) groups is 1. The highest BCUT2D eigenvalue weighted by atomic mass is 16.5. The Morgan fingerprint density at radius 1 is 0.793 bits per heavy atom. The predicted octanol–water partition coefficient (Wildman–Crippen LogP) is 4.69. The highest BCUT2D eigenvalue weighted by molar-refractivity contribution is 6.00. The molecule has 0 aliphatic rings. The van der Waals surface area contributed by atoms with E-state index >= 15 is 0 Å². The fraction of sp³-hybridized carbons (Fsp3) is 0.208. The van der Waals surface area contributed by atoms with Crippen LogP contribution in [-0.4, -0.2) is 32.2 Å². The smallest absolute Gasteiger partial charge is 0.204 e. The van der Waals surface area contributed by atoms with Crippen LogP contribution in [0.5, 0.6) is 17.2 Å². The van der Waals surface area contributed by atoms with E-state index in [0.717, 1.165) is 11.1 Å². The monoisotopic (exact) mass is 392 g/mol. The van der Waals surface area contributed by atoms with Crippen molar-refractivity contribution in [3.63, 3.8) is 0 Å². The first kappa shape index (κ1) is 20.4. The number of hydrogen-bond acceptors (Lipinski definition) is 5. The van der Waals surface area contributed by atoms with Gasteiger partial charge in [-0.1, -0.05) is 54.6 Å². The van der Waals surface area contributed by atoms with Gasteiger partial charge in [-0.25, -0.2) is 0 Å². The first-order chi connectivity index (χ1) is 14.1. The van der Waals surface area contributed by atoms with Gasteiger partial charge in [-0.2, -0.15) is 0 Å². The van der Waals surface area contributed by atoms with Gasteiger partial charge in [-0.15, -0.1) is 0 Å². The van der Waals surface area contributed by atoms with E-state index in [-0.39, 0.29) is 12.2 Å². The Morgan fingerprint density at radius 3 is 2.00 bits per heavy atom. The topological polar surface area (TPSA) is 65.0 Å². The molecule has 3 rings (SSSR count). The molecule has 3 aromatic carbocycles. The number of Topliss-reactive ketones (excluding diaryl/α,β-unsaturated/α-hetero) is 1. The lowest BCUT2D eigenvalue weighted by Crippen LogP contribution is -2.09. The van der Waals surface area contributed by atoms with Crippen LogP contribution in [-0.2, 0) is 0 Å². The summed E-state index contributed by atoms with van der Waals surface area (Å²) in [4.78, 5) is 12.8. The summed E-state index contributed by atoms with van der Waals surface area (Å²) >= 11 is 0. The Morgan fingerprint density at radius 2 is 1.41 bits per heavy atom. The average molecular weight is 392 g/mol. The first-order valence-corrected chi connectivity index (χ1v) is 9.24. The number of benzene rings is 3. The molecular formula is C24H24O5. The average Bonchev–Trinajstić information content (AvgIpc) is 2.78. The van der Waals surface area contributed by atoms with Crippen molar-refractivity contribution in [1.29, 1.82) is 0 Å². The molecule has 0 radical (unpaired) electrons. The molecule has 0 aliphatic heterocycles. The molecule has 0 aromatic heterocycles. The Balaban J connectivity index is 1.79. The van der Waals surface area contributed by atoms with Crippen molar-refractivity contribution in [3.05, 3.63) is 77.9 Å². The largest absolute Gasteiger partial charge is 0.493 e. The third-order valence-corrected chi connectivity index (χ3v) is 4.79. The van der Waals surface area contributed by atoms with Gasteiger partial charge in [0.1, 0.15) is 0 Å². The number of rotatable bonds is 8. The van der Waals surface area contributed by atoms with Gasteiger partial charge in [-0.3, -0.25) is 4.79 Å². The molecule has 1 N–H and O–H groups in total. The number of aliphatic hydroxyl groups is 1. The third-order valence-electron chi connectivity index (χ3n) is 4.79. The SMILES string of the molecule is COc1ccc(C(=O)CC(O)c2ccc(-c3ccccc3)cc2)c(OC)c1OC. The van der Waals surface area contributed by atoms with Crippen LogP contribution in [0.3, 0.4) is 0 Å². The zero-order valence-corrected chi connectivity index (χ0v) is 16.7. The lowest BCUT2D eigenvalue weighted by atomic mass is 9.97. The summed E-state index contributed by atoms with van der Waals surface area (Å²) in [6.07, 6.45) is -0.999. The van der Waals surface area contributed by atoms with E-state index in [2.05, 4.69) is 0 Å². The van der Waals surface area contributed by atoms with Gasteiger partial charge in [0.15, 0.2) is 17.3 Å². The lowest BCUT2D eigenvalue weighted by molar-refractivity contribution is 0.0876. The maximum absolute atomic E-state index is 12.8. The van der Waals surface area contributed by atoms with Gasteiger partial charge in [0.25, 0.3) is 0 Å². The Hall–Kier alpha value is -3.31. The first-order valence-electron chi connectivity index (χ1n) is 9.24. The van der Waals surface area contributed by atoms with E-state index in [4.69, 9.17) is 14.2 Å². The van der Waals surface area contributed by atoms with E-state index < -0.39 is 6.10 Å². The second kappa shape index (κ2) is 9.26. The highest BCUT2D eigenvalue weighted by Gasteiger charge is 2.23. The van der Waals surface area contributed by atoms with Crippen molar-refractivity contribution in [1.82, 2.24) is 0 Å². The molecule has 29 heavy (non-hydrogen) atoms. The van der Waals surface area contributed by atoms with Crippen molar-refractivity contribution in [2.45, 2.75) is 12.5 Å². The summed E-state index contributed by atoms with van der Waals surface area (Å²) in [6.45, 7) is 0. The van der Waals surface area contributed by atoms with Crippen LogP contribution in [0.15, 0.2) is 66.7 Å². The maximum Gasteiger partial charge on any atom is 0.204 e. The van der Waals surface area contributed by atoms with Crippen LogP contribution in [0, 0.1) is 0 Å². The molecule has 0 fully saturated rings. The van der Waals surface area contributed by atoms with E-state index in [0.29, 0.717) is 28.4 Å². The normalized spacial score (nSPS) is 11.6. The van der Waals surface area contributed by atoms with Gasteiger partial charge >= 0.3 is 0 Å². The molecule has 0 aliphatic carbocycles. The second-order valence-electron chi connectivity index (χ2n) is 6.51. The number of carbonyl (C=O) groups excluding carboxylic acids is 1. The van der Waals surface area contributed by atoms with E-state index in [1.54, 1.807) is 12.1 Å². The Labute approximate surface area is 170 Å². The number of ether oxygens (including phenoxy) is 3. The summed E-state index contributed by atoms with van der Waals surface area (Å²) in [5.41, 5.74) is 3.16. The summed E-state index contributed by atoms with van der Waals surface area (Å²) in [5.74, 6) is 0.867. The van der Waals surface area contributed by atoms with E-state index in [1.165, 1.54) is 21.3 Å². The van der Waals surface area contributed by atoms with Gasteiger partial charge in [0.05, 0.1) is 33.0 Å². The van der Waals surface area contributed by atoms with Crippen molar-refractivity contribution in [3.8, 4) is 28.4 Å². The summed E-state index contributed by atoms with van der Waals surface area (Å²) in [5, 5.41) is 10.6. The number of hydrogen-bond donors (Lipinski definition) is 1. The predicted molar refractivity (Wildman–Crippen MR) is 112 cm³/mol. The third kappa shape index (κ3) is 4.41. The van der Waals surface area contributed by atoms with Crippen LogP contribution in [0.4, 0.5) is 0 Å². The quantitative estimate of drug-likeness (QED) is 0.564. The van der Waals surface area contributed by atoms with Crippen LogP contribution in [0.1, 0.15) is 28.4 Å². The van der Waals surface area contributed by atoms with Gasteiger partial charge in [-0.05, 0) is 28.8 Å². The van der Waals surface area contributed by atoms with Gasteiger partial charge in [0, 0.05) is 6.42 Å². The molecule has 0 bridgehead atoms. The second-order valence-corrected chi connectivity index (χ2v) is 6.51. The van der Waals surface area contributed by atoms with Crippen molar-refractivity contribution >= 4 is 5.78 Å². The zero-order chi connectivity index (χ0) is 20.8. The maximum atomic E-state index is 12.8. The Bertz CT molecular complexity index is 965. The molecular weight excluding hydrogens is 368 g/mol. The minimum absolute atomic E-state index is 0.0729. The molecule has 0 heterocycles. The lowest BCUT2D eigenvalue weighted by Gasteiger charge is -2.16. The zero-order valence-electron chi connectivity index (χ0n) is 16.7. The van der Waals surface area contributed by atoms with Crippen LogP contribution in [0.2, 0.25) is 0 Å². The van der Waals surface area contributed by atoms with Crippen molar-refractivity contribution < 1.29 is 24.1 Å². The van der Waals surface area contributed by atoms with Crippen molar-refractivity contribution in [2.24, 2.45) is 0 Å². The number of aliphatic hydroxyl groups excluding tert-OH is 1. The fourth-order valence-electron chi connectivity index (χ4n) is 3.25. The van der Waals surface area contributed by atoms with Crippen LogP contribution < -0.4 is 14.2 Å². The van der Waals surface area contributed by atoms with E-state index in [1.807, 2.05) is 54.6 Å². The molecule has 0 saturated carbocycles. The van der Waals surface area contributed by atoms with E-state index in [9.17, 15) is 9.90 Å². The van der Waals surface area contributed by atoms with Crippen LogP contribution in [0.25, 0.3) is 11.1 Å². The summed E-state index contributed by atoms with van der Waals surface area (Å²) < 4.78 is 16.0. The molecule has 0 saturated heterocycles. The molecule has 1 atom stereocenters. The van der Waals surface area contributed by atoms with Gasteiger partial charge < -0.3 is 19.3 Å². The number of ketones is 1.